The van der Waals surface area contributed by atoms with Crippen LogP contribution in [-0.4, -0.2) is 26.6 Å². The fraction of sp³-hybridized carbons (Fsp3) is 0.882. The van der Waals surface area contributed by atoms with Gasteiger partial charge in [0.2, 0.25) is 0 Å². The predicted octanol–water partition coefficient (Wildman–Crippen LogP) is 4.31. The quantitative estimate of drug-likeness (QED) is 0.184. The van der Waals surface area contributed by atoms with Crippen molar-refractivity contribution in [3.8, 4) is 0 Å². The highest BCUT2D eigenvalue weighted by atomic mass is 16.5. The highest BCUT2D eigenvalue weighted by molar-refractivity contribution is 6.35. The van der Waals surface area contributed by atoms with Gasteiger partial charge in [-0.3, -0.25) is 4.79 Å². The minimum absolute atomic E-state index is 0.0823. The number of methoxy groups -OCH3 is 1. The lowest BCUT2D eigenvalue weighted by molar-refractivity contribution is -0.140. The molecule has 0 aromatic heterocycles. The molecule has 0 bridgehead atoms. The average molecular weight is 296 g/mol. The monoisotopic (exact) mass is 296 g/mol. The van der Waals surface area contributed by atoms with Crippen molar-refractivity contribution in [3.63, 3.8) is 0 Å². The number of rotatable bonds is 16. The lowest BCUT2D eigenvalue weighted by Crippen LogP contribution is -1.99. The zero-order chi connectivity index (χ0) is 15.6. The summed E-state index contributed by atoms with van der Waals surface area (Å²) in [7, 11) is 2.81. The molecule has 0 N–H and O–H groups in total. The number of esters is 1. The van der Waals surface area contributed by atoms with E-state index in [2.05, 4.69) is 4.74 Å². The Morgan fingerprint density at radius 2 is 1.38 bits per heavy atom. The van der Waals surface area contributed by atoms with Crippen LogP contribution in [0.5, 0.6) is 0 Å². The number of hydrogen-bond donors (Lipinski definition) is 0. The normalized spacial score (nSPS) is 10.3. The summed E-state index contributed by atoms with van der Waals surface area (Å²) >= 11 is 0. The third-order valence-corrected chi connectivity index (χ3v) is 3.93. The largest absolute Gasteiger partial charge is 0.469 e. The van der Waals surface area contributed by atoms with Crippen molar-refractivity contribution in [2.24, 2.45) is 0 Å². The fourth-order valence-electron chi connectivity index (χ4n) is 2.54. The summed E-state index contributed by atoms with van der Waals surface area (Å²) < 4.78 is 4.61. The average Bonchev–Trinajstić information content (AvgIpc) is 2.50. The summed E-state index contributed by atoms with van der Waals surface area (Å²) in [6.07, 6.45) is 17.3. The SMILES string of the molecule is COC(=O)CCCCCCCBCCCCCCCC=O. The molecule has 0 aliphatic rings. The van der Waals surface area contributed by atoms with Gasteiger partial charge in [0, 0.05) is 12.8 Å². The van der Waals surface area contributed by atoms with Gasteiger partial charge in [-0.15, -0.1) is 0 Å². The summed E-state index contributed by atoms with van der Waals surface area (Å²) in [5.41, 5.74) is 0. The zero-order valence-corrected chi connectivity index (χ0v) is 13.9. The molecule has 0 spiro atoms. The Bertz CT molecular complexity index is 244. The van der Waals surface area contributed by atoms with E-state index < -0.39 is 0 Å². The molecule has 4 heteroatoms. The lowest BCUT2D eigenvalue weighted by atomic mass is 9.68. The highest BCUT2D eigenvalue weighted by Crippen LogP contribution is 2.10. The van der Waals surface area contributed by atoms with Gasteiger partial charge in [0.15, 0.2) is 0 Å². The highest BCUT2D eigenvalue weighted by Gasteiger charge is 1.99. The molecule has 0 aliphatic carbocycles. The van der Waals surface area contributed by atoms with Gasteiger partial charge in [-0.2, -0.15) is 0 Å². The topological polar surface area (TPSA) is 43.4 Å². The van der Waals surface area contributed by atoms with Crippen LogP contribution >= 0.6 is 0 Å². The van der Waals surface area contributed by atoms with E-state index in [1.165, 1.54) is 72.0 Å². The van der Waals surface area contributed by atoms with E-state index in [0.717, 1.165) is 32.0 Å². The van der Waals surface area contributed by atoms with Crippen molar-refractivity contribution in [3.05, 3.63) is 0 Å². The van der Waals surface area contributed by atoms with Gasteiger partial charge in [-0.05, 0) is 12.8 Å². The molecule has 21 heavy (non-hydrogen) atoms. The van der Waals surface area contributed by atoms with Crippen LogP contribution in [0.3, 0.4) is 0 Å². The summed E-state index contributed by atoms with van der Waals surface area (Å²) in [5.74, 6) is -0.0823. The molecule has 3 nitrogen and oxygen atoms in total. The van der Waals surface area contributed by atoms with E-state index >= 15 is 0 Å². The molecular weight excluding hydrogens is 263 g/mol. The molecule has 0 fully saturated rings. The minimum atomic E-state index is -0.0823. The van der Waals surface area contributed by atoms with Crippen LogP contribution in [0.15, 0.2) is 0 Å². The maximum atomic E-state index is 10.9. The molecule has 0 amide bonds. The first-order valence-electron chi connectivity index (χ1n) is 8.81. The van der Waals surface area contributed by atoms with Gasteiger partial charge >= 0.3 is 5.97 Å². The maximum absolute atomic E-state index is 10.9. The van der Waals surface area contributed by atoms with Crippen molar-refractivity contribution in [2.75, 3.05) is 7.11 Å². The molecular formula is C17H33BO3. The molecule has 0 aromatic rings. The molecule has 122 valence electrons. The van der Waals surface area contributed by atoms with Crippen molar-refractivity contribution in [2.45, 2.75) is 89.7 Å². The second kappa shape index (κ2) is 17.3. The number of carbonyl (C=O) groups is 2. The minimum Gasteiger partial charge on any atom is -0.469 e. The first kappa shape index (κ1) is 20.2. The van der Waals surface area contributed by atoms with Crippen molar-refractivity contribution < 1.29 is 14.3 Å². The first-order chi connectivity index (χ1) is 10.3. The summed E-state index contributed by atoms with van der Waals surface area (Å²) in [6, 6.07) is 0. The van der Waals surface area contributed by atoms with Crippen molar-refractivity contribution in [1.29, 1.82) is 0 Å². The fourth-order valence-corrected chi connectivity index (χ4v) is 2.54. The Labute approximate surface area is 131 Å². The van der Waals surface area contributed by atoms with E-state index in [9.17, 15) is 9.59 Å². The van der Waals surface area contributed by atoms with Gasteiger partial charge < -0.3 is 9.53 Å². The number of carbonyl (C=O) groups excluding carboxylic acids is 2. The van der Waals surface area contributed by atoms with Crippen LogP contribution in [0.25, 0.3) is 0 Å². The third-order valence-electron chi connectivity index (χ3n) is 3.93. The van der Waals surface area contributed by atoms with Crippen molar-refractivity contribution >= 4 is 19.5 Å². The second-order valence-corrected chi connectivity index (χ2v) is 5.88. The molecule has 0 saturated carbocycles. The predicted molar refractivity (Wildman–Crippen MR) is 90.2 cm³/mol. The molecule has 0 radical (unpaired) electrons. The third kappa shape index (κ3) is 17.2. The molecule has 0 atom stereocenters. The number of hydrogen-bond acceptors (Lipinski definition) is 3. The molecule has 0 unspecified atom stereocenters. The summed E-state index contributed by atoms with van der Waals surface area (Å²) in [6.45, 7) is 0. The first-order valence-corrected chi connectivity index (χ1v) is 8.81. The Kier molecular flexibility index (Phi) is 16.6. The van der Waals surface area contributed by atoms with Crippen LogP contribution in [-0.2, 0) is 14.3 Å². The molecule has 0 heterocycles. The van der Waals surface area contributed by atoms with Crippen LogP contribution in [0.4, 0.5) is 0 Å². The van der Waals surface area contributed by atoms with Gasteiger partial charge in [0.05, 0.1) is 7.11 Å². The Balaban J connectivity index is 2.99. The maximum Gasteiger partial charge on any atom is 0.305 e. The number of aldehydes is 1. The Morgan fingerprint density at radius 3 is 1.95 bits per heavy atom. The van der Waals surface area contributed by atoms with E-state index in [4.69, 9.17) is 0 Å². The Morgan fingerprint density at radius 1 is 0.857 bits per heavy atom. The Hall–Kier alpha value is -0.795. The lowest BCUT2D eigenvalue weighted by Gasteiger charge is -2.02. The van der Waals surface area contributed by atoms with E-state index in [-0.39, 0.29) is 5.97 Å². The van der Waals surface area contributed by atoms with Gasteiger partial charge in [0.1, 0.15) is 13.6 Å². The van der Waals surface area contributed by atoms with Crippen LogP contribution in [0.2, 0.25) is 12.6 Å². The molecule has 0 aliphatic heterocycles. The smallest absolute Gasteiger partial charge is 0.305 e. The van der Waals surface area contributed by atoms with E-state index in [1.54, 1.807) is 0 Å². The van der Waals surface area contributed by atoms with E-state index in [0.29, 0.717) is 6.42 Å². The standard InChI is InChI=1S/C17H33BO3/c1-21-17(20)13-9-5-4-7-11-15-18-14-10-6-2-3-8-12-16-19/h16,18H,2-15H2,1H3. The van der Waals surface area contributed by atoms with Crippen LogP contribution in [0.1, 0.15) is 77.0 Å². The summed E-state index contributed by atoms with van der Waals surface area (Å²) in [5, 5.41) is 0. The van der Waals surface area contributed by atoms with Crippen molar-refractivity contribution in [1.82, 2.24) is 0 Å². The zero-order valence-electron chi connectivity index (χ0n) is 13.9. The second-order valence-electron chi connectivity index (χ2n) is 5.88. The molecule has 0 saturated heterocycles. The number of ether oxygens (including phenoxy) is 1. The van der Waals surface area contributed by atoms with Gasteiger partial charge in [0.25, 0.3) is 0 Å². The molecule has 0 aromatic carbocycles. The van der Waals surface area contributed by atoms with E-state index in [1.807, 2.05) is 0 Å². The van der Waals surface area contributed by atoms with Gasteiger partial charge in [-0.25, -0.2) is 0 Å². The van der Waals surface area contributed by atoms with Crippen LogP contribution < -0.4 is 0 Å². The summed E-state index contributed by atoms with van der Waals surface area (Å²) in [4.78, 5) is 21.1. The van der Waals surface area contributed by atoms with Crippen LogP contribution in [0, 0.1) is 0 Å². The molecule has 0 rings (SSSR count). The van der Waals surface area contributed by atoms with Gasteiger partial charge in [-0.1, -0.05) is 64.0 Å². The number of unbranched alkanes of at least 4 members (excludes halogenated alkanes) is 9.